The molecule has 0 aliphatic carbocycles. The van der Waals surface area contributed by atoms with Crippen molar-refractivity contribution in [1.82, 2.24) is 9.80 Å². The van der Waals surface area contributed by atoms with Crippen molar-refractivity contribution in [3.63, 3.8) is 0 Å². The average molecular weight is 222 g/mol. The van der Waals surface area contributed by atoms with Crippen LogP contribution in [0.25, 0.3) is 0 Å². The molecule has 0 bridgehead atoms. The number of piperidine rings is 1. The summed E-state index contributed by atoms with van der Waals surface area (Å²) in [6.45, 7) is 6.08. The average Bonchev–Trinajstić information content (AvgIpc) is 2.48. The van der Waals surface area contributed by atoms with Crippen molar-refractivity contribution in [3.8, 4) is 0 Å². The summed E-state index contributed by atoms with van der Waals surface area (Å²) in [4.78, 5) is 19.6. The first-order valence-corrected chi connectivity index (χ1v) is 5.56. The highest BCUT2D eigenvalue weighted by Crippen LogP contribution is 2.33. The number of carbonyl (C=O) groups is 1. The number of amides is 2. The van der Waals surface area contributed by atoms with Crippen LogP contribution in [0.2, 0.25) is 0 Å². The van der Waals surface area contributed by atoms with E-state index in [1.807, 2.05) is 0 Å². The van der Waals surface area contributed by atoms with Gasteiger partial charge in [-0.05, 0) is 19.9 Å². The van der Waals surface area contributed by atoms with Crippen LogP contribution >= 0.6 is 0 Å². The lowest BCUT2D eigenvalue weighted by Crippen LogP contribution is -2.59. The van der Waals surface area contributed by atoms with Crippen LogP contribution in [0.3, 0.4) is 0 Å². The Morgan fingerprint density at radius 2 is 2.19 bits per heavy atom. The van der Waals surface area contributed by atoms with Gasteiger partial charge in [0.1, 0.15) is 11.4 Å². The third-order valence-corrected chi connectivity index (χ3v) is 3.57. The summed E-state index contributed by atoms with van der Waals surface area (Å²) in [6.07, 6.45) is 3.45. The van der Waals surface area contributed by atoms with Gasteiger partial charge in [0.2, 0.25) is 0 Å². The fourth-order valence-electron chi connectivity index (χ4n) is 2.49. The van der Waals surface area contributed by atoms with E-state index < -0.39 is 0 Å². The van der Waals surface area contributed by atoms with Crippen molar-refractivity contribution >= 4 is 11.9 Å². The molecule has 1 saturated heterocycles. The zero-order chi connectivity index (χ0) is 11.8. The molecule has 2 rings (SSSR count). The molecule has 0 atom stereocenters. The molecule has 2 heterocycles. The highest BCUT2D eigenvalue weighted by Gasteiger charge is 2.48. The molecule has 16 heavy (non-hydrogen) atoms. The maximum atomic E-state index is 11.7. The predicted molar refractivity (Wildman–Crippen MR) is 63.4 cm³/mol. The number of amidine groups is 1. The highest BCUT2D eigenvalue weighted by atomic mass is 16.2. The van der Waals surface area contributed by atoms with E-state index in [1.165, 1.54) is 0 Å². The monoisotopic (exact) mass is 222 g/mol. The number of carbonyl (C=O) groups excluding carboxylic acids is 1. The molecule has 2 N–H and O–H groups in total. The van der Waals surface area contributed by atoms with Crippen molar-refractivity contribution in [1.29, 1.82) is 0 Å². The third kappa shape index (κ3) is 1.51. The summed E-state index contributed by atoms with van der Waals surface area (Å²) >= 11 is 0. The lowest BCUT2D eigenvalue weighted by molar-refractivity contribution is 0.120. The van der Waals surface area contributed by atoms with E-state index in [9.17, 15) is 4.79 Å². The van der Waals surface area contributed by atoms with Gasteiger partial charge in [0.25, 0.3) is 0 Å². The largest absolute Gasteiger partial charge is 0.385 e. The van der Waals surface area contributed by atoms with Gasteiger partial charge in [-0.1, -0.05) is 6.08 Å². The smallest absolute Gasteiger partial charge is 0.346 e. The number of rotatable bonds is 2. The van der Waals surface area contributed by atoms with Crippen molar-refractivity contribution < 1.29 is 4.79 Å². The summed E-state index contributed by atoms with van der Waals surface area (Å²) in [5.41, 5.74) is 5.59. The van der Waals surface area contributed by atoms with E-state index >= 15 is 0 Å². The van der Waals surface area contributed by atoms with Crippen LogP contribution in [0.4, 0.5) is 4.79 Å². The van der Waals surface area contributed by atoms with E-state index in [-0.39, 0.29) is 11.6 Å². The minimum absolute atomic E-state index is 0.220. The van der Waals surface area contributed by atoms with Crippen LogP contribution < -0.4 is 5.73 Å². The summed E-state index contributed by atoms with van der Waals surface area (Å²) < 4.78 is 0. The normalized spacial score (nSPS) is 24.9. The number of aliphatic imine (C=N–C) groups is 1. The van der Waals surface area contributed by atoms with E-state index in [1.54, 1.807) is 11.0 Å². The number of hydrogen-bond donors (Lipinski definition) is 1. The van der Waals surface area contributed by atoms with Crippen LogP contribution in [-0.4, -0.2) is 53.9 Å². The standard InChI is InChI=1S/C11H18N4O/c1-3-6-15-10(16)13-9(12)11(15)4-7-14(2)8-5-11/h3H,1,4-8H2,2H3,(H2,12,13,16). The summed E-state index contributed by atoms with van der Waals surface area (Å²) in [5.74, 6) is 0.479. The number of likely N-dealkylation sites (tertiary alicyclic amines) is 1. The minimum Gasteiger partial charge on any atom is -0.385 e. The number of urea groups is 1. The molecule has 0 aromatic rings. The van der Waals surface area contributed by atoms with Gasteiger partial charge in [-0.15, -0.1) is 6.58 Å². The first-order valence-electron chi connectivity index (χ1n) is 5.56. The van der Waals surface area contributed by atoms with Gasteiger partial charge >= 0.3 is 6.03 Å². The topological polar surface area (TPSA) is 61.9 Å². The molecule has 1 spiro atoms. The van der Waals surface area contributed by atoms with Crippen molar-refractivity contribution in [2.45, 2.75) is 18.4 Å². The molecule has 2 aliphatic heterocycles. The Hall–Kier alpha value is -1.36. The Balaban J connectivity index is 2.25. The van der Waals surface area contributed by atoms with Gasteiger partial charge in [-0.3, -0.25) is 0 Å². The van der Waals surface area contributed by atoms with Gasteiger partial charge in [-0.25, -0.2) is 4.79 Å². The van der Waals surface area contributed by atoms with Crippen molar-refractivity contribution in [2.24, 2.45) is 10.7 Å². The Kier molecular flexibility index (Phi) is 2.71. The summed E-state index contributed by atoms with van der Waals surface area (Å²) in [5, 5.41) is 0. The zero-order valence-corrected chi connectivity index (χ0v) is 9.65. The lowest BCUT2D eigenvalue weighted by Gasteiger charge is -2.43. The van der Waals surface area contributed by atoms with E-state index in [2.05, 4.69) is 23.5 Å². The summed E-state index contributed by atoms with van der Waals surface area (Å²) in [7, 11) is 2.08. The van der Waals surface area contributed by atoms with Gasteiger partial charge in [-0.2, -0.15) is 4.99 Å². The third-order valence-electron chi connectivity index (χ3n) is 3.57. The van der Waals surface area contributed by atoms with Crippen LogP contribution in [-0.2, 0) is 0 Å². The predicted octanol–water partition coefficient (Wildman–Crippen LogP) is 0.430. The number of nitrogens with zero attached hydrogens (tertiary/aromatic N) is 3. The second kappa shape index (κ2) is 3.90. The fraction of sp³-hybridized carbons (Fsp3) is 0.636. The molecule has 2 amide bonds. The maximum Gasteiger partial charge on any atom is 0.346 e. The first kappa shape index (κ1) is 11.1. The molecular weight excluding hydrogens is 204 g/mol. The van der Waals surface area contributed by atoms with E-state index in [0.717, 1.165) is 25.9 Å². The molecule has 0 unspecified atom stereocenters. The molecule has 0 aromatic heterocycles. The van der Waals surface area contributed by atoms with Crippen molar-refractivity contribution in [3.05, 3.63) is 12.7 Å². The Morgan fingerprint density at radius 1 is 1.56 bits per heavy atom. The lowest BCUT2D eigenvalue weighted by atomic mass is 9.85. The summed E-state index contributed by atoms with van der Waals surface area (Å²) in [6, 6.07) is -0.220. The maximum absolute atomic E-state index is 11.7. The second-order valence-corrected chi connectivity index (χ2v) is 4.51. The van der Waals surface area contributed by atoms with Crippen LogP contribution in [0.15, 0.2) is 17.6 Å². The van der Waals surface area contributed by atoms with Crippen molar-refractivity contribution in [2.75, 3.05) is 26.7 Å². The fourth-order valence-corrected chi connectivity index (χ4v) is 2.49. The van der Waals surface area contributed by atoms with Crippen LogP contribution in [0, 0.1) is 0 Å². The molecule has 88 valence electrons. The Labute approximate surface area is 95.6 Å². The quantitative estimate of drug-likeness (QED) is 0.689. The van der Waals surface area contributed by atoms with Crippen LogP contribution in [0.1, 0.15) is 12.8 Å². The first-order chi connectivity index (χ1) is 7.60. The van der Waals surface area contributed by atoms with Gasteiger partial charge < -0.3 is 15.5 Å². The zero-order valence-electron chi connectivity index (χ0n) is 9.65. The van der Waals surface area contributed by atoms with Crippen LogP contribution in [0.5, 0.6) is 0 Å². The molecule has 5 heteroatoms. The highest BCUT2D eigenvalue weighted by molar-refractivity contribution is 6.06. The molecule has 1 fully saturated rings. The van der Waals surface area contributed by atoms with Gasteiger partial charge in [0.05, 0.1) is 0 Å². The Morgan fingerprint density at radius 3 is 2.75 bits per heavy atom. The molecule has 5 nitrogen and oxygen atoms in total. The number of hydrogen-bond acceptors (Lipinski definition) is 3. The van der Waals surface area contributed by atoms with E-state index in [4.69, 9.17) is 5.73 Å². The molecule has 0 radical (unpaired) electrons. The van der Waals surface area contributed by atoms with Gasteiger partial charge in [0.15, 0.2) is 0 Å². The number of nitrogens with two attached hydrogens (primary N) is 1. The van der Waals surface area contributed by atoms with E-state index in [0.29, 0.717) is 12.4 Å². The molecule has 0 aromatic carbocycles. The SMILES string of the molecule is C=CCN1C(=O)N=C(N)C12CCN(C)CC2. The molecule has 2 aliphatic rings. The minimum atomic E-state index is -0.349. The molecule has 0 saturated carbocycles. The molecular formula is C11H18N4O. The Bertz CT molecular complexity index is 342. The van der Waals surface area contributed by atoms with Gasteiger partial charge in [0, 0.05) is 19.6 Å². The second-order valence-electron chi connectivity index (χ2n) is 4.51.